The van der Waals surface area contributed by atoms with Gasteiger partial charge in [-0.2, -0.15) is 0 Å². The molecule has 0 spiro atoms. The van der Waals surface area contributed by atoms with Crippen LogP contribution in [0.5, 0.6) is 0 Å². The molecule has 2 rings (SSSR count). The molecule has 2 aromatic rings. The van der Waals surface area contributed by atoms with Crippen molar-refractivity contribution in [2.24, 2.45) is 0 Å². The van der Waals surface area contributed by atoms with E-state index in [4.69, 9.17) is 5.73 Å². The topological polar surface area (TPSA) is 55.1 Å². The van der Waals surface area contributed by atoms with Gasteiger partial charge in [0.25, 0.3) is 0 Å². The number of rotatable bonds is 3. The zero-order valence-electron chi connectivity index (χ0n) is 10.9. The predicted molar refractivity (Wildman–Crippen MR) is 80.5 cm³/mol. The van der Waals surface area contributed by atoms with Crippen LogP contribution in [0.4, 0.5) is 11.4 Å². The summed E-state index contributed by atoms with van der Waals surface area (Å²) in [5.74, 6) is -0.0662. The van der Waals surface area contributed by atoms with Crippen molar-refractivity contribution in [3.05, 3.63) is 48.0 Å². The highest BCUT2D eigenvalue weighted by molar-refractivity contribution is 7.99. The largest absolute Gasteiger partial charge is 0.398 e. The van der Waals surface area contributed by atoms with E-state index in [1.807, 2.05) is 49.4 Å². The standard InChI is InChI=1S/C15H16N2OS/c1-10-4-3-5-14(16)15(10)19-13-8-6-12(7-9-13)17-11(2)18/h3-9H,16H2,1-2H3,(H,17,18). The molecule has 4 heteroatoms. The zero-order valence-corrected chi connectivity index (χ0v) is 11.8. The van der Waals surface area contributed by atoms with Gasteiger partial charge in [-0.1, -0.05) is 23.9 Å². The number of aryl methyl sites for hydroxylation is 1. The van der Waals surface area contributed by atoms with Crippen molar-refractivity contribution in [2.45, 2.75) is 23.6 Å². The first kappa shape index (κ1) is 13.5. The average molecular weight is 272 g/mol. The highest BCUT2D eigenvalue weighted by Gasteiger charge is 2.05. The van der Waals surface area contributed by atoms with Gasteiger partial charge >= 0.3 is 0 Å². The van der Waals surface area contributed by atoms with E-state index in [0.717, 1.165) is 26.7 Å². The van der Waals surface area contributed by atoms with E-state index < -0.39 is 0 Å². The summed E-state index contributed by atoms with van der Waals surface area (Å²) in [5, 5.41) is 2.75. The van der Waals surface area contributed by atoms with Crippen LogP contribution in [0.2, 0.25) is 0 Å². The molecule has 0 radical (unpaired) electrons. The van der Waals surface area contributed by atoms with E-state index in [2.05, 4.69) is 5.32 Å². The second-order valence-corrected chi connectivity index (χ2v) is 5.38. The molecular formula is C15H16N2OS. The summed E-state index contributed by atoms with van der Waals surface area (Å²) in [6.07, 6.45) is 0. The van der Waals surface area contributed by atoms with Gasteiger partial charge in [0, 0.05) is 28.1 Å². The quantitative estimate of drug-likeness (QED) is 0.838. The summed E-state index contributed by atoms with van der Waals surface area (Å²) < 4.78 is 0. The average Bonchev–Trinajstić information content (AvgIpc) is 2.35. The van der Waals surface area contributed by atoms with Crippen LogP contribution in [0, 0.1) is 6.92 Å². The number of carbonyl (C=O) groups excluding carboxylic acids is 1. The molecule has 98 valence electrons. The normalized spacial score (nSPS) is 10.2. The molecule has 0 saturated carbocycles. The molecule has 1 amide bonds. The van der Waals surface area contributed by atoms with Crippen LogP contribution in [0.15, 0.2) is 52.3 Å². The summed E-state index contributed by atoms with van der Waals surface area (Å²) in [6.45, 7) is 3.54. The van der Waals surface area contributed by atoms with Crippen LogP contribution in [0.25, 0.3) is 0 Å². The molecule has 3 N–H and O–H groups in total. The van der Waals surface area contributed by atoms with Gasteiger partial charge in [-0.25, -0.2) is 0 Å². The van der Waals surface area contributed by atoms with Gasteiger partial charge in [-0.3, -0.25) is 4.79 Å². The lowest BCUT2D eigenvalue weighted by molar-refractivity contribution is -0.114. The Morgan fingerprint density at radius 1 is 1.16 bits per heavy atom. The number of amides is 1. The fourth-order valence-corrected chi connectivity index (χ4v) is 2.66. The van der Waals surface area contributed by atoms with Crippen LogP contribution in [0.3, 0.4) is 0 Å². The lowest BCUT2D eigenvalue weighted by Crippen LogP contribution is -2.05. The van der Waals surface area contributed by atoms with Gasteiger partial charge in [-0.05, 0) is 42.8 Å². The van der Waals surface area contributed by atoms with E-state index >= 15 is 0 Å². The molecule has 0 atom stereocenters. The maximum Gasteiger partial charge on any atom is 0.221 e. The van der Waals surface area contributed by atoms with E-state index in [-0.39, 0.29) is 5.91 Å². The third-order valence-electron chi connectivity index (χ3n) is 2.64. The van der Waals surface area contributed by atoms with Crippen molar-refractivity contribution in [1.29, 1.82) is 0 Å². The number of carbonyl (C=O) groups is 1. The fraction of sp³-hybridized carbons (Fsp3) is 0.133. The van der Waals surface area contributed by atoms with Gasteiger partial charge in [0.2, 0.25) is 5.91 Å². The summed E-state index contributed by atoms with van der Waals surface area (Å²) >= 11 is 1.63. The lowest BCUT2D eigenvalue weighted by atomic mass is 10.2. The van der Waals surface area contributed by atoms with Crippen molar-refractivity contribution in [3.63, 3.8) is 0 Å². The van der Waals surface area contributed by atoms with E-state index in [0.29, 0.717) is 0 Å². The fourth-order valence-electron chi connectivity index (χ4n) is 1.74. The minimum atomic E-state index is -0.0662. The molecule has 0 saturated heterocycles. The van der Waals surface area contributed by atoms with Gasteiger partial charge in [0.1, 0.15) is 0 Å². The van der Waals surface area contributed by atoms with Gasteiger partial charge < -0.3 is 11.1 Å². The van der Waals surface area contributed by atoms with E-state index in [1.54, 1.807) is 11.8 Å². The van der Waals surface area contributed by atoms with E-state index in [1.165, 1.54) is 6.92 Å². The van der Waals surface area contributed by atoms with Gasteiger partial charge in [0.15, 0.2) is 0 Å². The molecular weight excluding hydrogens is 256 g/mol. The van der Waals surface area contributed by atoms with Crippen molar-refractivity contribution < 1.29 is 4.79 Å². The first-order valence-corrected chi connectivity index (χ1v) is 6.78. The van der Waals surface area contributed by atoms with Crippen LogP contribution in [0.1, 0.15) is 12.5 Å². The highest BCUT2D eigenvalue weighted by atomic mass is 32.2. The SMILES string of the molecule is CC(=O)Nc1ccc(Sc2c(C)cccc2N)cc1. The van der Waals surface area contributed by atoms with Crippen LogP contribution in [-0.4, -0.2) is 5.91 Å². The number of hydrogen-bond donors (Lipinski definition) is 2. The summed E-state index contributed by atoms with van der Waals surface area (Å²) in [6, 6.07) is 13.6. The second-order valence-electron chi connectivity index (χ2n) is 4.30. The second kappa shape index (κ2) is 5.80. The number of nitrogens with one attached hydrogen (secondary N) is 1. The molecule has 0 fully saturated rings. The molecule has 0 aromatic heterocycles. The lowest BCUT2D eigenvalue weighted by Gasteiger charge is -2.09. The maximum atomic E-state index is 10.9. The monoisotopic (exact) mass is 272 g/mol. The van der Waals surface area contributed by atoms with Crippen LogP contribution in [-0.2, 0) is 4.79 Å². The van der Waals surface area contributed by atoms with Crippen LogP contribution < -0.4 is 11.1 Å². The number of nitrogens with two attached hydrogens (primary N) is 1. The van der Waals surface area contributed by atoms with Gasteiger partial charge in [0.05, 0.1) is 0 Å². The summed E-state index contributed by atoms with van der Waals surface area (Å²) in [5.41, 5.74) is 8.74. The molecule has 0 aliphatic carbocycles. The Balaban J connectivity index is 2.18. The van der Waals surface area contributed by atoms with E-state index in [9.17, 15) is 4.79 Å². The third-order valence-corrected chi connectivity index (χ3v) is 3.91. The molecule has 0 aliphatic rings. The third kappa shape index (κ3) is 3.51. The Bertz CT molecular complexity index is 573. The molecule has 0 heterocycles. The molecule has 0 unspecified atom stereocenters. The first-order chi connectivity index (χ1) is 9.06. The van der Waals surface area contributed by atoms with Crippen molar-refractivity contribution in [2.75, 3.05) is 11.1 Å². The highest BCUT2D eigenvalue weighted by Crippen LogP contribution is 2.34. The zero-order chi connectivity index (χ0) is 13.8. The molecule has 3 nitrogen and oxygen atoms in total. The summed E-state index contributed by atoms with van der Waals surface area (Å²) in [4.78, 5) is 13.1. The Morgan fingerprint density at radius 3 is 2.42 bits per heavy atom. The smallest absolute Gasteiger partial charge is 0.221 e. The summed E-state index contributed by atoms with van der Waals surface area (Å²) in [7, 11) is 0. The number of nitrogen functional groups attached to an aromatic ring is 1. The first-order valence-electron chi connectivity index (χ1n) is 5.97. The molecule has 19 heavy (non-hydrogen) atoms. The van der Waals surface area contributed by atoms with Crippen molar-refractivity contribution in [3.8, 4) is 0 Å². The Labute approximate surface area is 117 Å². The molecule has 0 aliphatic heterocycles. The maximum absolute atomic E-state index is 10.9. The predicted octanol–water partition coefficient (Wildman–Crippen LogP) is 3.69. The van der Waals surface area contributed by atoms with Crippen molar-refractivity contribution in [1.82, 2.24) is 0 Å². The van der Waals surface area contributed by atoms with Gasteiger partial charge in [-0.15, -0.1) is 0 Å². The minimum absolute atomic E-state index is 0.0662. The van der Waals surface area contributed by atoms with Crippen molar-refractivity contribution >= 4 is 29.0 Å². The van der Waals surface area contributed by atoms with Crippen LogP contribution >= 0.6 is 11.8 Å². The number of benzene rings is 2. The Hall–Kier alpha value is -1.94. The number of hydrogen-bond acceptors (Lipinski definition) is 3. The molecule has 2 aromatic carbocycles. The Kier molecular flexibility index (Phi) is 4.12. The minimum Gasteiger partial charge on any atom is -0.398 e. The molecule has 0 bridgehead atoms. The number of anilines is 2. The Morgan fingerprint density at radius 2 is 1.84 bits per heavy atom.